The van der Waals surface area contributed by atoms with Gasteiger partial charge in [-0.2, -0.15) is 23.3 Å². The molecule has 0 aliphatic heterocycles. The van der Waals surface area contributed by atoms with Crippen LogP contribution in [0.2, 0.25) is 5.28 Å². The Hall–Kier alpha value is -1.67. The van der Waals surface area contributed by atoms with Crippen LogP contribution in [0.25, 0.3) is 16.0 Å². The van der Waals surface area contributed by atoms with Gasteiger partial charge in [-0.3, -0.25) is 0 Å². The van der Waals surface area contributed by atoms with Gasteiger partial charge in [-0.05, 0) is 24.1 Å². The number of halogens is 4. The highest BCUT2D eigenvalue weighted by Gasteiger charge is 2.32. The van der Waals surface area contributed by atoms with E-state index < -0.39 is 11.7 Å². The molecule has 21 heavy (non-hydrogen) atoms. The second kappa shape index (κ2) is 4.96. The number of aromatic nitrogens is 4. The van der Waals surface area contributed by atoms with Crippen LogP contribution < -0.4 is 0 Å². The molecule has 0 saturated carbocycles. The summed E-state index contributed by atoms with van der Waals surface area (Å²) in [4.78, 5) is 9.78. The number of thiophene rings is 1. The fourth-order valence-electron chi connectivity index (χ4n) is 1.86. The molecule has 110 valence electrons. The Morgan fingerprint density at radius 1 is 1.33 bits per heavy atom. The Balaban J connectivity index is 2.19. The molecule has 0 radical (unpaired) electrons. The molecule has 0 aliphatic rings. The van der Waals surface area contributed by atoms with E-state index in [0.717, 1.165) is 28.4 Å². The van der Waals surface area contributed by atoms with Gasteiger partial charge in [0.15, 0.2) is 5.82 Å². The molecule has 0 aromatic carbocycles. The Labute approximate surface area is 126 Å². The van der Waals surface area contributed by atoms with Crippen molar-refractivity contribution in [3.8, 4) is 5.82 Å². The number of rotatable bonds is 2. The predicted molar refractivity (Wildman–Crippen MR) is 73.9 cm³/mol. The number of nitrogens with zero attached hydrogens (tertiary/aromatic N) is 4. The minimum Gasteiger partial charge on any atom is -0.221 e. The normalized spacial score (nSPS) is 12.2. The van der Waals surface area contributed by atoms with E-state index in [0.29, 0.717) is 10.2 Å². The third kappa shape index (κ3) is 2.60. The molecule has 9 heteroatoms. The maximum Gasteiger partial charge on any atom is 0.419 e. The van der Waals surface area contributed by atoms with Gasteiger partial charge in [0, 0.05) is 11.1 Å². The van der Waals surface area contributed by atoms with Crippen LogP contribution in [-0.2, 0) is 12.6 Å². The van der Waals surface area contributed by atoms with Crippen LogP contribution in [0.5, 0.6) is 0 Å². The molecule has 0 fully saturated rings. The first kappa shape index (κ1) is 14.3. The monoisotopic (exact) mass is 332 g/mol. The van der Waals surface area contributed by atoms with E-state index in [-0.39, 0.29) is 11.1 Å². The van der Waals surface area contributed by atoms with Crippen molar-refractivity contribution in [3.63, 3.8) is 0 Å². The summed E-state index contributed by atoms with van der Waals surface area (Å²) in [7, 11) is 0. The van der Waals surface area contributed by atoms with Gasteiger partial charge in [-0.1, -0.05) is 6.92 Å². The first-order valence-electron chi connectivity index (χ1n) is 5.96. The van der Waals surface area contributed by atoms with Crippen molar-refractivity contribution in [3.05, 3.63) is 34.2 Å². The Morgan fingerprint density at radius 2 is 2.10 bits per heavy atom. The molecule has 0 spiro atoms. The molecule has 0 unspecified atom stereocenters. The lowest BCUT2D eigenvalue weighted by molar-refractivity contribution is -0.137. The Kier molecular flexibility index (Phi) is 3.37. The van der Waals surface area contributed by atoms with Crippen molar-refractivity contribution in [1.29, 1.82) is 0 Å². The van der Waals surface area contributed by atoms with Gasteiger partial charge < -0.3 is 0 Å². The number of aryl methyl sites for hydroxylation is 1. The minimum atomic E-state index is -4.45. The SMILES string of the molecule is CCc1cc2c(-n3cc(C(F)(F)F)cn3)nc(Cl)nc2s1. The van der Waals surface area contributed by atoms with Crippen LogP contribution in [0.3, 0.4) is 0 Å². The fourth-order valence-corrected chi connectivity index (χ4v) is 3.04. The Bertz CT molecular complexity index is 809. The molecular formula is C12H8ClF3N4S. The van der Waals surface area contributed by atoms with E-state index in [9.17, 15) is 13.2 Å². The van der Waals surface area contributed by atoms with Crippen molar-refractivity contribution in [2.24, 2.45) is 0 Å². The first-order chi connectivity index (χ1) is 9.88. The zero-order valence-corrected chi connectivity index (χ0v) is 12.2. The summed E-state index contributed by atoms with van der Waals surface area (Å²) in [5.74, 6) is 0.247. The zero-order chi connectivity index (χ0) is 15.2. The molecule has 0 amide bonds. The van der Waals surface area contributed by atoms with Crippen molar-refractivity contribution < 1.29 is 13.2 Å². The van der Waals surface area contributed by atoms with Crippen molar-refractivity contribution in [2.45, 2.75) is 19.5 Å². The third-order valence-electron chi connectivity index (χ3n) is 2.87. The highest BCUT2D eigenvalue weighted by atomic mass is 35.5. The summed E-state index contributed by atoms with van der Waals surface area (Å²) in [6, 6.07) is 1.85. The summed E-state index contributed by atoms with van der Waals surface area (Å²) in [5, 5.41) is 4.35. The molecule has 0 bridgehead atoms. The topological polar surface area (TPSA) is 43.6 Å². The molecule has 0 saturated heterocycles. The summed E-state index contributed by atoms with van der Waals surface area (Å²) >= 11 is 7.28. The predicted octanol–water partition coefficient (Wildman–Crippen LogP) is 4.11. The van der Waals surface area contributed by atoms with Crippen LogP contribution >= 0.6 is 22.9 Å². The van der Waals surface area contributed by atoms with Crippen LogP contribution in [0.1, 0.15) is 17.4 Å². The minimum absolute atomic E-state index is 0.0222. The van der Waals surface area contributed by atoms with E-state index in [2.05, 4.69) is 15.1 Å². The quantitative estimate of drug-likeness (QED) is 0.663. The third-order valence-corrected chi connectivity index (χ3v) is 4.21. The van der Waals surface area contributed by atoms with E-state index in [1.165, 1.54) is 11.3 Å². The summed E-state index contributed by atoms with van der Waals surface area (Å²) in [5.41, 5.74) is -0.837. The fraction of sp³-hybridized carbons (Fsp3) is 0.250. The molecule has 3 rings (SSSR count). The van der Waals surface area contributed by atoms with Crippen LogP contribution in [0.4, 0.5) is 13.2 Å². The van der Waals surface area contributed by atoms with Crippen LogP contribution in [-0.4, -0.2) is 19.7 Å². The second-order valence-corrected chi connectivity index (χ2v) is 5.73. The highest BCUT2D eigenvalue weighted by molar-refractivity contribution is 7.18. The van der Waals surface area contributed by atoms with Crippen molar-refractivity contribution in [1.82, 2.24) is 19.7 Å². The largest absolute Gasteiger partial charge is 0.419 e. The van der Waals surface area contributed by atoms with E-state index in [1.54, 1.807) is 0 Å². The molecule has 0 aliphatic carbocycles. The first-order valence-corrected chi connectivity index (χ1v) is 7.16. The summed E-state index contributed by atoms with van der Waals surface area (Å²) in [6.45, 7) is 1.98. The lowest BCUT2D eigenvalue weighted by atomic mass is 10.3. The van der Waals surface area contributed by atoms with E-state index >= 15 is 0 Å². The lowest BCUT2D eigenvalue weighted by Crippen LogP contribution is -2.03. The number of hydrogen-bond donors (Lipinski definition) is 0. The highest BCUT2D eigenvalue weighted by Crippen LogP contribution is 2.32. The van der Waals surface area contributed by atoms with Gasteiger partial charge in [0.25, 0.3) is 0 Å². The maximum absolute atomic E-state index is 12.7. The molecule has 3 heterocycles. The number of alkyl halides is 3. The van der Waals surface area contributed by atoms with Gasteiger partial charge in [0.2, 0.25) is 5.28 Å². The van der Waals surface area contributed by atoms with Crippen LogP contribution in [0, 0.1) is 0 Å². The number of fused-ring (bicyclic) bond motifs is 1. The molecule has 0 atom stereocenters. The summed E-state index contributed by atoms with van der Waals surface area (Å²) < 4.78 is 39.1. The molecule has 3 aromatic heterocycles. The lowest BCUT2D eigenvalue weighted by Gasteiger charge is -2.03. The molecular weight excluding hydrogens is 325 g/mol. The smallest absolute Gasteiger partial charge is 0.221 e. The molecule has 3 aromatic rings. The van der Waals surface area contributed by atoms with Crippen LogP contribution in [0.15, 0.2) is 18.5 Å². The van der Waals surface area contributed by atoms with E-state index in [4.69, 9.17) is 11.6 Å². The summed E-state index contributed by atoms with van der Waals surface area (Å²) in [6.07, 6.45) is -2.00. The average Bonchev–Trinajstić information content (AvgIpc) is 3.03. The van der Waals surface area contributed by atoms with Crippen molar-refractivity contribution >= 4 is 33.2 Å². The average molecular weight is 333 g/mol. The van der Waals surface area contributed by atoms with Gasteiger partial charge in [-0.15, -0.1) is 11.3 Å². The van der Waals surface area contributed by atoms with Gasteiger partial charge in [0.1, 0.15) is 4.83 Å². The van der Waals surface area contributed by atoms with Gasteiger partial charge in [0.05, 0.1) is 17.1 Å². The maximum atomic E-state index is 12.7. The van der Waals surface area contributed by atoms with Gasteiger partial charge in [-0.25, -0.2) is 9.67 Å². The number of hydrogen-bond acceptors (Lipinski definition) is 4. The molecule has 4 nitrogen and oxygen atoms in total. The zero-order valence-electron chi connectivity index (χ0n) is 10.6. The van der Waals surface area contributed by atoms with E-state index in [1.807, 2.05) is 13.0 Å². The van der Waals surface area contributed by atoms with Gasteiger partial charge >= 0.3 is 6.18 Å². The van der Waals surface area contributed by atoms with Crippen molar-refractivity contribution in [2.75, 3.05) is 0 Å². The molecule has 0 N–H and O–H groups in total. The Morgan fingerprint density at radius 3 is 2.71 bits per heavy atom. The second-order valence-electron chi connectivity index (χ2n) is 4.27. The standard InChI is InChI=1S/C12H8ClF3N4S/c1-2-7-3-8-9(18-11(13)19-10(8)21-7)20-5-6(4-17-20)12(14,15)16/h3-5H,2H2,1H3.